The molecule has 0 unspecified atom stereocenters. The highest BCUT2D eigenvalue weighted by Crippen LogP contribution is 2.30. The third-order valence-electron chi connectivity index (χ3n) is 3.50. The Kier molecular flexibility index (Phi) is 4.20. The number of carbonyl (C=O) groups excluding carboxylic acids is 1. The number of hydrogen-bond acceptors (Lipinski definition) is 3. The van der Waals surface area contributed by atoms with Crippen LogP contribution in [-0.2, 0) is 0 Å². The minimum absolute atomic E-state index is 0.241. The summed E-state index contributed by atoms with van der Waals surface area (Å²) in [5.41, 5.74) is 0. The molecule has 1 N–H and O–H groups in total. The van der Waals surface area contributed by atoms with Crippen molar-refractivity contribution in [3.63, 3.8) is 0 Å². The lowest BCUT2D eigenvalue weighted by Gasteiger charge is -2.33. The minimum Gasteiger partial charge on any atom is -0.324 e. The third kappa shape index (κ3) is 3.52. The fourth-order valence-corrected chi connectivity index (χ4v) is 3.37. The van der Waals surface area contributed by atoms with Gasteiger partial charge in [0.05, 0.1) is 0 Å². The summed E-state index contributed by atoms with van der Waals surface area (Å²) in [4.78, 5) is 16.4. The zero-order valence-corrected chi connectivity index (χ0v) is 11.7. The van der Waals surface area contributed by atoms with Crippen LogP contribution >= 0.6 is 11.8 Å². The minimum atomic E-state index is 0.241. The Balaban J connectivity index is 1.90. The van der Waals surface area contributed by atoms with Gasteiger partial charge in [-0.05, 0) is 6.42 Å². The molecular weight excluding hydrogens is 234 g/mol. The zero-order valence-electron chi connectivity index (χ0n) is 10.9. The summed E-state index contributed by atoms with van der Waals surface area (Å²) in [5, 5.41) is 3.28. The van der Waals surface area contributed by atoms with Gasteiger partial charge in [0.15, 0.2) is 0 Å². The van der Waals surface area contributed by atoms with E-state index in [9.17, 15) is 4.79 Å². The van der Waals surface area contributed by atoms with Crippen LogP contribution in [0.4, 0.5) is 4.79 Å². The van der Waals surface area contributed by atoms with Crippen LogP contribution in [0, 0.1) is 0 Å². The standard InChI is InChI=1S/C12H23N3OS/c1-12(2)3-6-14(9-10-17-12)11(16)15-7-4-13-5-8-15/h13H,3-10H2,1-2H3. The molecule has 17 heavy (non-hydrogen) atoms. The highest BCUT2D eigenvalue weighted by molar-refractivity contribution is 8.00. The van der Waals surface area contributed by atoms with Crippen LogP contribution in [0.25, 0.3) is 0 Å². The second-order valence-electron chi connectivity index (χ2n) is 5.36. The summed E-state index contributed by atoms with van der Waals surface area (Å²) >= 11 is 1.98. The monoisotopic (exact) mass is 257 g/mol. The van der Waals surface area contributed by atoms with Gasteiger partial charge >= 0.3 is 6.03 Å². The van der Waals surface area contributed by atoms with E-state index in [0.717, 1.165) is 51.4 Å². The van der Waals surface area contributed by atoms with Crippen molar-refractivity contribution < 1.29 is 4.79 Å². The van der Waals surface area contributed by atoms with Crippen molar-refractivity contribution in [1.29, 1.82) is 0 Å². The summed E-state index contributed by atoms with van der Waals surface area (Å²) in [6, 6.07) is 0.241. The van der Waals surface area contributed by atoms with Gasteiger partial charge in [0.2, 0.25) is 0 Å². The van der Waals surface area contributed by atoms with E-state index in [2.05, 4.69) is 19.2 Å². The molecule has 2 rings (SSSR count). The van der Waals surface area contributed by atoms with E-state index in [1.807, 2.05) is 21.6 Å². The predicted molar refractivity (Wildman–Crippen MR) is 72.6 cm³/mol. The maximum atomic E-state index is 12.3. The van der Waals surface area contributed by atoms with Crippen molar-refractivity contribution in [1.82, 2.24) is 15.1 Å². The quantitative estimate of drug-likeness (QED) is 0.709. The molecule has 2 aliphatic heterocycles. The maximum absolute atomic E-state index is 12.3. The topological polar surface area (TPSA) is 35.6 Å². The first-order valence-corrected chi connectivity index (χ1v) is 7.46. The molecule has 0 bridgehead atoms. The van der Waals surface area contributed by atoms with Gasteiger partial charge in [-0.15, -0.1) is 0 Å². The first-order valence-electron chi connectivity index (χ1n) is 6.47. The van der Waals surface area contributed by atoms with Crippen LogP contribution in [0.1, 0.15) is 20.3 Å². The Hall–Kier alpha value is -0.420. The number of hydrogen-bond donors (Lipinski definition) is 1. The molecule has 5 heteroatoms. The van der Waals surface area contributed by atoms with Crippen molar-refractivity contribution in [2.45, 2.75) is 25.0 Å². The van der Waals surface area contributed by atoms with Crippen molar-refractivity contribution in [2.24, 2.45) is 0 Å². The largest absolute Gasteiger partial charge is 0.324 e. The molecule has 0 atom stereocenters. The number of thioether (sulfide) groups is 1. The molecule has 2 fully saturated rings. The Morgan fingerprint density at radius 2 is 1.76 bits per heavy atom. The van der Waals surface area contributed by atoms with Crippen LogP contribution in [0.2, 0.25) is 0 Å². The van der Waals surface area contributed by atoms with E-state index in [1.54, 1.807) is 0 Å². The number of piperazine rings is 1. The molecule has 0 aromatic rings. The maximum Gasteiger partial charge on any atom is 0.320 e. The average molecular weight is 257 g/mol. The average Bonchev–Trinajstić information content (AvgIpc) is 2.50. The van der Waals surface area contributed by atoms with Gasteiger partial charge in [-0.2, -0.15) is 11.8 Å². The summed E-state index contributed by atoms with van der Waals surface area (Å²) in [6.07, 6.45) is 1.09. The van der Waals surface area contributed by atoms with Gasteiger partial charge in [-0.3, -0.25) is 0 Å². The second-order valence-corrected chi connectivity index (χ2v) is 7.17. The van der Waals surface area contributed by atoms with Crippen molar-refractivity contribution in [2.75, 3.05) is 45.0 Å². The molecular formula is C12H23N3OS. The Labute approximate surface area is 108 Å². The molecule has 2 heterocycles. The molecule has 4 nitrogen and oxygen atoms in total. The Bertz CT molecular complexity index is 277. The molecule has 98 valence electrons. The van der Waals surface area contributed by atoms with Gasteiger partial charge in [0.1, 0.15) is 0 Å². The van der Waals surface area contributed by atoms with Gasteiger partial charge in [-0.25, -0.2) is 4.79 Å². The van der Waals surface area contributed by atoms with Crippen molar-refractivity contribution in [3.05, 3.63) is 0 Å². The molecule has 2 saturated heterocycles. The fourth-order valence-electron chi connectivity index (χ4n) is 2.27. The van der Waals surface area contributed by atoms with E-state index >= 15 is 0 Å². The number of urea groups is 1. The van der Waals surface area contributed by atoms with Crippen LogP contribution < -0.4 is 5.32 Å². The molecule has 0 aliphatic carbocycles. The van der Waals surface area contributed by atoms with Gasteiger partial charge < -0.3 is 15.1 Å². The molecule has 0 aromatic heterocycles. The first-order chi connectivity index (χ1) is 8.08. The highest BCUT2D eigenvalue weighted by Gasteiger charge is 2.28. The SMILES string of the molecule is CC1(C)CCN(C(=O)N2CCNCC2)CCS1. The molecule has 0 radical (unpaired) electrons. The number of rotatable bonds is 0. The lowest BCUT2D eigenvalue weighted by atomic mass is 10.1. The first kappa shape index (κ1) is 13.0. The summed E-state index contributed by atoms with van der Waals surface area (Å²) in [7, 11) is 0. The van der Waals surface area contributed by atoms with Gasteiger partial charge in [-0.1, -0.05) is 13.8 Å². The summed E-state index contributed by atoms with van der Waals surface area (Å²) in [6.45, 7) is 9.92. The lowest BCUT2D eigenvalue weighted by molar-refractivity contribution is 0.148. The zero-order chi connectivity index (χ0) is 12.3. The molecule has 0 aromatic carbocycles. The second kappa shape index (κ2) is 5.48. The van der Waals surface area contributed by atoms with E-state index in [1.165, 1.54) is 0 Å². The third-order valence-corrected chi connectivity index (χ3v) is 4.87. The van der Waals surface area contributed by atoms with Crippen LogP contribution in [0.3, 0.4) is 0 Å². The van der Waals surface area contributed by atoms with Crippen molar-refractivity contribution >= 4 is 17.8 Å². The normalized spacial score (nSPS) is 25.5. The van der Waals surface area contributed by atoms with Crippen LogP contribution in [0.5, 0.6) is 0 Å². The number of nitrogens with one attached hydrogen (secondary N) is 1. The molecule has 2 aliphatic rings. The van der Waals surface area contributed by atoms with E-state index in [4.69, 9.17) is 0 Å². The molecule has 0 saturated carbocycles. The van der Waals surface area contributed by atoms with Gasteiger partial charge in [0.25, 0.3) is 0 Å². The van der Waals surface area contributed by atoms with E-state index in [-0.39, 0.29) is 6.03 Å². The number of nitrogens with zero attached hydrogens (tertiary/aromatic N) is 2. The van der Waals surface area contributed by atoms with Crippen molar-refractivity contribution in [3.8, 4) is 0 Å². The smallest absolute Gasteiger partial charge is 0.320 e. The number of carbonyl (C=O) groups is 1. The highest BCUT2D eigenvalue weighted by atomic mass is 32.2. The van der Waals surface area contributed by atoms with E-state index < -0.39 is 0 Å². The summed E-state index contributed by atoms with van der Waals surface area (Å²) < 4.78 is 0.318. The number of amides is 2. The van der Waals surface area contributed by atoms with Gasteiger partial charge in [0, 0.05) is 49.8 Å². The van der Waals surface area contributed by atoms with Crippen LogP contribution in [-0.4, -0.2) is 65.6 Å². The molecule has 2 amide bonds. The lowest BCUT2D eigenvalue weighted by Crippen LogP contribution is -2.52. The fraction of sp³-hybridized carbons (Fsp3) is 0.917. The Morgan fingerprint density at radius 1 is 1.12 bits per heavy atom. The summed E-state index contributed by atoms with van der Waals surface area (Å²) in [5.74, 6) is 1.06. The molecule has 0 spiro atoms. The van der Waals surface area contributed by atoms with E-state index in [0.29, 0.717) is 4.75 Å². The predicted octanol–water partition coefficient (Wildman–Crippen LogP) is 1.23. The van der Waals surface area contributed by atoms with Crippen LogP contribution in [0.15, 0.2) is 0 Å². The Morgan fingerprint density at radius 3 is 2.47 bits per heavy atom.